The molecule has 0 radical (unpaired) electrons. The van der Waals surface area contributed by atoms with Gasteiger partial charge in [-0.15, -0.1) is 0 Å². The van der Waals surface area contributed by atoms with E-state index in [9.17, 15) is 5.11 Å². The first-order valence-corrected chi connectivity index (χ1v) is 8.84. The maximum atomic E-state index is 10.5. The van der Waals surface area contributed by atoms with Crippen LogP contribution >= 0.6 is 11.6 Å². The van der Waals surface area contributed by atoms with E-state index < -0.39 is 0 Å². The third-order valence-corrected chi connectivity index (χ3v) is 4.64. The number of rotatable bonds is 3. The second kappa shape index (κ2) is 7.02. The molecule has 0 aliphatic carbocycles. The SMILES string of the molecule is Cc1nc(CN2CCOc3c(O)cc(-c4cccc(Cl)c4)cc3C2)co1. The Morgan fingerprint density at radius 1 is 1.23 bits per heavy atom. The van der Waals surface area contributed by atoms with E-state index in [2.05, 4.69) is 9.88 Å². The first-order valence-electron chi connectivity index (χ1n) is 8.46. The molecule has 26 heavy (non-hydrogen) atoms. The number of aryl methyl sites for hydroxylation is 1. The lowest BCUT2D eigenvalue weighted by atomic mass is 10.0. The van der Waals surface area contributed by atoms with Gasteiger partial charge in [-0.3, -0.25) is 4.90 Å². The quantitative estimate of drug-likeness (QED) is 0.740. The fraction of sp³-hybridized carbons (Fsp3) is 0.250. The second-order valence-electron chi connectivity index (χ2n) is 6.41. The van der Waals surface area contributed by atoms with Crippen LogP contribution in [-0.2, 0) is 13.1 Å². The minimum absolute atomic E-state index is 0.150. The van der Waals surface area contributed by atoms with Crippen LogP contribution in [-0.4, -0.2) is 28.1 Å². The molecular weight excluding hydrogens is 352 g/mol. The number of oxazole rings is 1. The van der Waals surface area contributed by atoms with E-state index in [1.807, 2.05) is 37.3 Å². The Labute approximate surface area is 156 Å². The van der Waals surface area contributed by atoms with Gasteiger partial charge in [0.1, 0.15) is 12.9 Å². The van der Waals surface area contributed by atoms with E-state index >= 15 is 0 Å². The van der Waals surface area contributed by atoms with Crippen molar-refractivity contribution in [1.29, 1.82) is 0 Å². The molecule has 4 rings (SSSR count). The summed E-state index contributed by atoms with van der Waals surface area (Å²) in [4.78, 5) is 6.60. The Balaban J connectivity index is 1.65. The van der Waals surface area contributed by atoms with Gasteiger partial charge in [-0.1, -0.05) is 23.7 Å². The van der Waals surface area contributed by atoms with Gasteiger partial charge < -0.3 is 14.3 Å². The monoisotopic (exact) mass is 370 g/mol. The van der Waals surface area contributed by atoms with E-state index in [4.69, 9.17) is 20.8 Å². The zero-order valence-corrected chi connectivity index (χ0v) is 15.2. The first-order chi connectivity index (χ1) is 12.6. The van der Waals surface area contributed by atoms with E-state index in [0.717, 1.165) is 28.9 Å². The largest absolute Gasteiger partial charge is 0.504 e. The Bertz CT molecular complexity index is 939. The molecule has 0 amide bonds. The number of halogens is 1. The predicted octanol–water partition coefficient (Wildman–Crippen LogP) is 4.40. The van der Waals surface area contributed by atoms with Crippen molar-refractivity contribution in [2.75, 3.05) is 13.2 Å². The number of hydrogen-bond acceptors (Lipinski definition) is 5. The summed E-state index contributed by atoms with van der Waals surface area (Å²) in [5.74, 6) is 1.36. The number of hydrogen-bond donors (Lipinski definition) is 1. The molecule has 2 aromatic carbocycles. The first kappa shape index (κ1) is 16.9. The molecular formula is C20H19ClN2O3. The molecule has 0 fully saturated rings. The van der Waals surface area contributed by atoms with Gasteiger partial charge in [0.05, 0.1) is 5.69 Å². The number of aromatic nitrogens is 1. The van der Waals surface area contributed by atoms with Crippen molar-refractivity contribution in [3.8, 4) is 22.6 Å². The highest BCUT2D eigenvalue weighted by Crippen LogP contribution is 2.38. The van der Waals surface area contributed by atoms with Gasteiger partial charge in [-0.05, 0) is 35.4 Å². The minimum Gasteiger partial charge on any atom is -0.504 e. The van der Waals surface area contributed by atoms with Crippen molar-refractivity contribution in [3.63, 3.8) is 0 Å². The minimum atomic E-state index is 0.150. The standard InChI is InChI=1S/C20H19ClN2O3/c1-13-22-18(12-26-13)11-23-5-6-25-20-16(10-23)7-15(9-19(20)24)14-3-2-4-17(21)8-14/h2-4,7-9,12,24H,5-6,10-11H2,1H3. The molecule has 0 saturated carbocycles. The second-order valence-corrected chi connectivity index (χ2v) is 6.85. The molecule has 1 aliphatic rings. The number of ether oxygens (including phenoxy) is 1. The van der Waals surface area contributed by atoms with Crippen LogP contribution in [0.1, 0.15) is 17.1 Å². The lowest BCUT2D eigenvalue weighted by molar-refractivity contribution is 0.215. The molecule has 3 aromatic rings. The molecule has 1 aliphatic heterocycles. The lowest BCUT2D eigenvalue weighted by Crippen LogP contribution is -2.25. The molecule has 0 unspecified atom stereocenters. The summed E-state index contributed by atoms with van der Waals surface area (Å²) >= 11 is 6.11. The molecule has 1 N–H and O–H groups in total. The third kappa shape index (κ3) is 3.54. The number of phenols is 1. The summed E-state index contributed by atoms with van der Waals surface area (Å²) in [6.45, 7) is 4.41. The van der Waals surface area contributed by atoms with Gasteiger partial charge >= 0.3 is 0 Å². The lowest BCUT2D eigenvalue weighted by Gasteiger charge is -2.18. The number of nitrogens with zero attached hydrogens (tertiary/aromatic N) is 2. The van der Waals surface area contributed by atoms with Crippen molar-refractivity contribution in [2.24, 2.45) is 0 Å². The van der Waals surface area contributed by atoms with Crippen LogP contribution < -0.4 is 4.74 Å². The summed E-state index contributed by atoms with van der Waals surface area (Å²) in [6.07, 6.45) is 1.68. The normalized spacial score (nSPS) is 14.5. The molecule has 6 heteroatoms. The Morgan fingerprint density at radius 3 is 2.88 bits per heavy atom. The number of benzene rings is 2. The Hall–Kier alpha value is -2.50. The van der Waals surface area contributed by atoms with Gasteiger partial charge in [0.15, 0.2) is 17.4 Å². The van der Waals surface area contributed by atoms with Crippen LogP contribution in [0, 0.1) is 6.92 Å². The van der Waals surface area contributed by atoms with Gasteiger partial charge in [0, 0.05) is 37.1 Å². The van der Waals surface area contributed by atoms with Crippen molar-refractivity contribution in [3.05, 3.63) is 64.8 Å². The van der Waals surface area contributed by atoms with Gasteiger partial charge in [0.2, 0.25) is 0 Å². The Kier molecular flexibility index (Phi) is 4.57. The number of aromatic hydroxyl groups is 1. The maximum Gasteiger partial charge on any atom is 0.191 e. The molecule has 2 heterocycles. The Morgan fingerprint density at radius 2 is 2.12 bits per heavy atom. The van der Waals surface area contributed by atoms with Crippen molar-refractivity contribution in [1.82, 2.24) is 9.88 Å². The molecule has 0 spiro atoms. The molecule has 1 aromatic heterocycles. The van der Waals surface area contributed by atoms with Crippen LogP contribution in [0.25, 0.3) is 11.1 Å². The van der Waals surface area contributed by atoms with Crippen LogP contribution in [0.4, 0.5) is 0 Å². The van der Waals surface area contributed by atoms with Crippen LogP contribution in [0.5, 0.6) is 11.5 Å². The van der Waals surface area contributed by atoms with Gasteiger partial charge in [-0.25, -0.2) is 4.98 Å². The highest BCUT2D eigenvalue weighted by atomic mass is 35.5. The summed E-state index contributed by atoms with van der Waals surface area (Å²) in [5.41, 5.74) is 3.70. The maximum absolute atomic E-state index is 10.5. The zero-order chi connectivity index (χ0) is 18.1. The third-order valence-electron chi connectivity index (χ3n) is 4.40. The smallest absolute Gasteiger partial charge is 0.191 e. The number of phenolic OH excluding ortho intramolecular Hbond substituents is 1. The van der Waals surface area contributed by atoms with Crippen molar-refractivity contribution in [2.45, 2.75) is 20.0 Å². The van der Waals surface area contributed by atoms with E-state index in [-0.39, 0.29) is 5.75 Å². The van der Waals surface area contributed by atoms with Crippen LogP contribution in [0.15, 0.2) is 47.1 Å². The van der Waals surface area contributed by atoms with Crippen LogP contribution in [0.3, 0.4) is 0 Å². The van der Waals surface area contributed by atoms with Crippen LogP contribution in [0.2, 0.25) is 5.02 Å². The summed E-state index contributed by atoms with van der Waals surface area (Å²) in [5, 5.41) is 11.1. The van der Waals surface area contributed by atoms with Crippen molar-refractivity contribution < 1.29 is 14.3 Å². The van der Waals surface area contributed by atoms with Crippen molar-refractivity contribution >= 4 is 11.6 Å². The van der Waals surface area contributed by atoms with E-state index in [0.29, 0.717) is 36.4 Å². The topological polar surface area (TPSA) is 58.7 Å². The summed E-state index contributed by atoms with van der Waals surface area (Å²) in [7, 11) is 0. The highest BCUT2D eigenvalue weighted by molar-refractivity contribution is 6.30. The fourth-order valence-electron chi connectivity index (χ4n) is 3.23. The summed E-state index contributed by atoms with van der Waals surface area (Å²) in [6, 6.07) is 11.4. The number of fused-ring (bicyclic) bond motifs is 1. The predicted molar refractivity (Wildman–Crippen MR) is 99.4 cm³/mol. The summed E-state index contributed by atoms with van der Waals surface area (Å²) < 4.78 is 11.1. The molecule has 0 bridgehead atoms. The van der Waals surface area contributed by atoms with Gasteiger partial charge in [-0.2, -0.15) is 0 Å². The molecule has 5 nitrogen and oxygen atoms in total. The van der Waals surface area contributed by atoms with E-state index in [1.54, 1.807) is 12.3 Å². The highest BCUT2D eigenvalue weighted by Gasteiger charge is 2.20. The molecule has 134 valence electrons. The zero-order valence-electron chi connectivity index (χ0n) is 14.4. The average Bonchev–Trinajstić information content (AvgIpc) is 2.89. The molecule has 0 atom stereocenters. The average molecular weight is 371 g/mol. The van der Waals surface area contributed by atoms with Gasteiger partial charge in [0.25, 0.3) is 0 Å². The van der Waals surface area contributed by atoms with E-state index in [1.165, 1.54) is 0 Å². The fourth-order valence-corrected chi connectivity index (χ4v) is 3.42. The molecule has 0 saturated heterocycles.